The third-order valence-electron chi connectivity index (χ3n) is 4.65. The molecule has 0 aliphatic heterocycles. The molecule has 21 heavy (non-hydrogen) atoms. The summed E-state index contributed by atoms with van der Waals surface area (Å²) in [6.07, 6.45) is 10.6. The predicted octanol–water partition coefficient (Wildman–Crippen LogP) is 4.18. The van der Waals surface area contributed by atoms with Crippen molar-refractivity contribution in [3.8, 4) is 5.75 Å². The van der Waals surface area contributed by atoms with Gasteiger partial charge >= 0.3 is 0 Å². The number of rotatable bonds is 4. The van der Waals surface area contributed by atoms with Crippen molar-refractivity contribution in [1.82, 2.24) is 4.98 Å². The molecule has 1 aromatic heterocycles. The van der Waals surface area contributed by atoms with Crippen molar-refractivity contribution in [2.75, 3.05) is 7.11 Å². The highest BCUT2D eigenvalue weighted by Crippen LogP contribution is 2.27. The van der Waals surface area contributed by atoms with Crippen LogP contribution in [0.15, 0.2) is 6.20 Å². The summed E-state index contributed by atoms with van der Waals surface area (Å²) >= 11 is 0. The lowest BCUT2D eigenvalue weighted by Gasteiger charge is -2.19. The molecule has 0 bridgehead atoms. The van der Waals surface area contributed by atoms with E-state index in [0.29, 0.717) is 12.2 Å². The van der Waals surface area contributed by atoms with E-state index in [4.69, 9.17) is 4.74 Å². The van der Waals surface area contributed by atoms with Gasteiger partial charge in [-0.15, -0.1) is 0 Å². The van der Waals surface area contributed by atoms with Crippen LogP contribution >= 0.6 is 0 Å². The number of carbonyl (C=O) groups is 1. The second-order valence-electron chi connectivity index (χ2n) is 6.23. The molecule has 3 nitrogen and oxygen atoms in total. The molecule has 0 unspecified atom stereocenters. The molecule has 1 aliphatic rings. The van der Waals surface area contributed by atoms with Gasteiger partial charge in [-0.2, -0.15) is 0 Å². The lowest BCUT2D eigenvalue weighted by atomic mass is 9.86. The van der Waals surface area contributed by atoms with Crippen LogP contribution in [-0.2, 0) is 11.2 Å². The zero-order valence-electron chi connectivity index (χ0n) is 13.6. The Labute approximate surface area is 128 Å². The average Bonchev–Trinajstić information content (AvgIpc) is 2.42. The maximum absolute atomic E-state index is 12.6. The molecule has 1 aromatic rings. The van der Waals surface area contributed by atoms with E-state index in [-0.39, 0.29) is 5.92 Å². The molecular formula is C18H27NO2. The van der Waals surface area contributed by atoms with E-state index in [1.54, 1.807) is 7.11 Å². The Morgan fingerprint density at radius 2 is 1.81 bits per heavy atom. The first-order chi connectivity index (χ1) is 10.1. The van der Waals surface area contributed by atoms with Crippen LogP contribution in [0.2, 0.25) is 0 Å². The topological polar surface area (TPSA) is 39.2 Å². The normalized spacial score (nSPS) is 17.1. The number of hydrogen-bond donors (Lipinski definition) is 0. The van der Waals surface area contributed by atoms with Crippen molar-refractivity contribution < 1.29 is 9.53 Å². The highest BCUT2D eigenvalue weighted by molar-refractivity contribution is 5.83. The molecule has 0 saturated heterocycles. The lowest BCUT2D eigenvalue weighted by Crippen LogP contribution is -2.19. The van der Waals surface area contributed by atoms with Gasteiger partial charge in [0.1, 0.15) is 11.5 Å². The number of nitrogens with zero attached hydrogens (tertiary/aromatic N) is 1. The first-order valence-electron chi connectivity index (χ1n) is 8.15. The minimum atomic E-state index is 0.235. The van der Waals surface area contributed by atoms with Crippen LogP contribution in [-0.4, -0.2) is 17.9 Å². The van der Waals surface area contributed by atoms with Crippen molar-refractivity contribution in [3.05, 3.63) is 23.0 Å². The van der Waals surface area contributed by atoms with Crippen LogP contribution in [0, 0.1) is 19.8 Å². The molecular weight excluding hydrogens is 262 g/mol. The van der Waals surface area contributed by atoms with Gasteiger partial charge in [-0.3, -0.25) is 9.78 Å². The molecule has 1 aliphatic carbocycles. The van der Waals surface area contributed by atoms with Gasteiger partial charge in [0.25, 0.3) is 0 Å². The molecule has 0 radical (unpaired) electrons. The van der Waals surface area contributed by atoms with Gasteiger partial charge in [-0.25, -0.2) is 0 Å². The molecule has 0 N–H and O–H groups in total. The van der Waals surface area contributed by atoms with Crippen molar-refractivity contribution in [2.45, 2.75) is 65.2 Å². The number of aryl methyl sites for hydroxylation is 1. The molecule has 2 rings (SSSR count). The Morgan fingerprint density at radius 1 is 1.19 bits per heavy atom. The standard InChI is InChI=1S/C18H27NO2/c1-13-12-19-16(14(2)18(13)21-3)11-17(20)15-9-7-5-4-6-8-10-15/h12,15H,4-11H2,1-3H3. The Balaban J connectivity index is 2.08. The first-order valence-corrected chi connectivity index (χ1v) is 8.15. The number of aromatic nitrogens is 1. The van der Waals surface area contributed by atoms with Crippen LogP contribution in [0.3, 0.4) is 0 Å². The van der Waals surface area contributed by atoms with Gasteiger partial charge in [0, 0.05) is 29.7 Å². The van der Waals surface area contributed by atoms with Crippen LogP contribution in [0.5, 0.6) is 5.75 Å². The summed E-state index contributed by atoms with van der Waals surface area (Å²) in [5, 5.41) is 0. The fourth-order valence-electron chi connectivity index (χ4n) is 3.34. The van der Waals surface area contributed by atoms with Crippen molar-refractivity contribution in [2.24, 2.45) is 5.92 Å². The predicted molar refractivity (Wildman–Crippen MR) is 84.8 cm³/mol. The number of Topliss-reactive ketones (excluding diaryl/α,β-unsaturated/α-hetero) is 1. The molecule has 116 valence electrons. The van der Waals surface area contributed by atoms with E-state index in [1.807, 2.05) is 20.0 Å². The van der Waals surface area contributed by atoms with Crippen LogP contribution in [0.1, 0.15) is 61.8 Å². The second-order valence-corrected chi connectivity index (χ2v) is 6.23. The SMILES string of the molecule is COc1c(C)cnc(CC(=O)C2CCCCCCC2)c1C. The fraction of sp³-hybridized carbons (Fsp3) is 0.667. The van der Waals surface area contributed by atoms with Gasteiger partial charge in [0.2, 0.25) is 0 Å². The molecule has 1 heterocycles. The largest absolute Gasteiger partial charge is 0.496 e. The monoisotopic (exact) mass is 289 g/mol. The van der Waals surface area contributed by atoms with E-state index < -0.39 is 0 Å². The summed E-state index contributed by atoms with van der Waals surface area (Å²) < 4.78 is 5.43. The average molecular weight is 289 g/mol. The maximum atomic E-state index is 12.6. The van der Waals surface area contributed by atoms with E-state index in [1.165, 1.54) is 32.1 Å². The summed E-state index contributed by atoms with van der Waals surface area (Å²) in [5.74, 6) is 1.46. The summed E-state index contributed by atoms with van der Waals surface area (Å²) in [7, 11) is 1.68. The van der Waals surface area contributed by atoms with E-state index in [0.717, 1.165) is 35.4 Å². The van der Waals surface area contributed by atoms with Crippen molar-refractivity contribution in [1.29, 1.82) is 0 Å². The Morgan fingerprint density at radius 3 is 2.43 bits per heavy atom. The number of ketones is 1. The van der Waals surface area contributed by atoms with Gasteiger partial charge < -0.3 is 4.74 Å². The third-order valence-corrected chi connectivity index (χ3v) is 4.65. The fourth-order valence-corrected chi connectivity index (χ4v) is 3.34. The number of carbonyl (C=O) groups excluding carboxylic acids is 1. The van der Waals surface area contributed by atoms with E-state index in [2.05, 4.69) is 4.98 Å². The zero-order valence-corrected chi connectivity index (χ0v) is 13.6. The van der Waals surface area contributed by atoms with Gasteiger partial charge in [-0.05, 0) is 26.7 Å². The molecule has 0 amide bonds. The molecule has 0 aromatic carbocycles. The van der Waals surface area contributed by atoms with Crippen molar-refractivity contribution in [3.63, 3.8) is 0 Å². The van der Waals surface area contributed by atoms with E-state index in [9.17, 15) is 4.79 Å². The Bertz CT molecular complexity index is 488. The molecule has 1 saturated carbocycles. The second kappa shape index (κ2) is 7.58. The minimum Gasteiger partial charge on any atom is -0.496 e. The third kappa shape index (κ3) is 4.05. The smallest absolute Gasteiger partial charge is 0.141 e. The Hall–Kier alpha value is -1.38. The maximum Gasteiger partial charge on any atom is 0.141 e. The molecule has 0 spiro atoms. The summed E-state index contributed by atoms with van der Waals surface area (Å²) in [6.45, 7) is 3.98. The van der Waals surface area contributed by atoms with Crippen LogP contribution in [0.25, 0.3) is 0 Å². The highest BCUT2D eigenvalue weighted by Gasteiger charge is 2.21. The summed E-state index contributed by atoms with van der Waals surface area (Å²) in [5.41, 5.74) is 2.92. The van der Waals surface area contributed by atoms with E-state index >= 15 is 0 Å². The number of hydrogen-bond acceptors (Lipinski definition) is 3. The minimum absolute atomic E-state index is 0.235. The molecule has 1 fully saturated rings. The lowest BCUT2D eigenvalue weighted by molar-refractivity contribution is -0.122. The molecule has 3 heteroatoms. The first kappa shape index (κ1) is 16.0. The Kier molecular flexibility index (Phi) is 5.77. The quantitative estimate of drug-likeness (QED) is 0.834. The highest BCUT2D eigenvalue weighted by atomic mass is 16.5. The van der Waals surface area contributed by atoms with Crippen LogP contribution in [0.4, 0.5) is 0 Å². The summed E-state index contributed by atoms with van der Waals surface area (Å²) in [6, 6.07) is 0. The van der Waals surface area contributed by atoms with Crippen LogP contribution < -0.4 is 4.74 Å². The zero-order chi connectivity index (χ0) is 15.2. The number of pyridine rings is 1. The number of methoxy groups -OCH3 is 1. The van der Waals surface area contributed by atoms with Gasteiger partial charge in [0.15, 0.2) is 0 Å². The van der Waals surface area contributed by atoms with Gasteiger partial charge in [-0.1, -0.05) is 32.1 Å². The van der Waals surface area contributed by atoms with Crippen molar-refractivity contribution >= 4 is 5.78 Å². The van der Waals surface area contributed by atoms with Gasteiger partial charge in [0.05, 0.1) is 12.8 Å². The molecule has 0 atom stereocenters. The summed E-state index contributed by atoms with van der Waals surface area (Å²) in [4.78, 5) is 17.1. The number of ether oxygens (including phenoxy) is 1.